The topological polar surface area (TPSA) is 117 Å². The minimum Gasteiger partial charge on any atom is -0.507 e. The van der Waals surface area contributed by atoms with Crippen LogP contribution in [-0.2, 0) is 6.42 Å². The normalized spacial score (nSPS) is 13.3. The van der Waals surface area contributed by atoms with Crippen molar-refractivity contribution in [2.45, 2.75) is 51.6 Å². The molecule has 0 saturated heterocycles. The molecule has 0 spiro atoms. The van der Waals surface area contributed by atoms with E-state index >= 15 is 0 Å². The van der Waals surface area contributed by atoms with Gasteiger partial charge in [0.25, 0.3) is 0 Å². The highest BCUT2D eigenvalue weighted by Crippen LogP contribution is 2.28. The van der Waals surface area contributed by atoms with Gasteiger partial charge in [-0.1, -0.05) is 13.0 Å². The van der Waals surface area contributed by atoms with E-state index in [9.17, 15) is 32.7 Å². The number of aryl methyl sites for hydroxylation is 1. The number of alkyl halides is 3. The van der Waals surface area contributed by atoms with Crippen molar-refractivity contribution in [3.63, 3.8) is 0 Å². The minimum atomic E-state index is -4.25. The molecule has 1 amide bonds. The van der Waals surface area contributed by atoms with Gasteiger partial charge in [-0.2, -0.15) is 13.2 Å². The number of thiophene rings is 1. The molecule has 1 unspecified atom stereocenters. The standard InChI is InChI=1S/C23H24F3NO6S/c1-13(5-3-4-10-27-22(31)32)18-12-17(28)19(21(30)33-18)20(29)14(2)11-16-7-6-15(34-16)8-9-23(24,25)26/h4,6-7,10-13,27-28H,3,5,8-9H2,1-2H3,(H,31,32)/b10-4+,14-11+. The summed E-state index contributed by atoms with van der Waals surface area (Å²) >= 11 is 1.11. The van der Waals surface area contributed by atoms with E-state index in [1.165, 1.54) is 25.3 Å². The molecule has 0 saturated carbocycles. The molecule has 3 N–H and O–H groups in total. The van der Waals surface area contributed by atoms with Crippen molar-refractivity contribution in [3.05, 3.63) is 67.5 Å². The van der Waals surface area contributed by atoms with E-state index in [-0.39, 0.29) is 23.7 Å². The van der Waals surface area contributed by atoms with Crippen LogP contribution in [0.25, 0.3) is 6.08 Å². The Labute approximate surface area is 197 Å². The second kappa shape index (κ2) is 11.7. The summed E-state index contributed by atoms with van der Waals surface area (Å²) in [5, 5.41) is 20.9. The number of carbonyl (C=O) groups is 2. The van der Waals surface area contributed by atoms with Crippen LogP contribution in [-0.4, -0.2) is 28.3 Å². The Balaban J connectivity index is 2.11. The van der Waals surface area contributed by atoms with Crippen LogP contribution in [0.3, 0.4) is 0 Å². The molecule has 0 radical (unpaired) electrons. The molecular formula is C23H24F3NO6S. The Bertz CT molecular complexity index is 1150. The predicted octanol–water partition coefficient (Wildman–Crippen LogP) is 5.85. The zero-order valence-corrected chi connectivity index (χ0v) is 19.3. The average molecular weight is 500 g/mol. The highest BCUT2D eigenvalue weighted by atomic mass is 32.1. The largest absolute Gasteiger partial charge is 0.507 e. The van der Waals surface area contributed by atoms with Crippen LogP contribution in [0.2, 0.25) is 0 Å². The Kier molecular flexibility index (Phi) is 9.25. The third kappa shape index (κ3) is 8.22. The van der Waals surface area contributed by atoms with Crippen molar-refractivity contribution >= 4 is 29.3 Å². The highest BCUT2D eigenvalue weighted by molar-refractivity contribution is 7.12. The summed E-state index contributed by atoms with van der Waals surface area (Å²) in [4.78, 5) is 36.6. The lowest BCUT2D eigenvalue weighted by Crippen LogP contribution is -2.16. The molecule has 2 aromatic rings. The van der Waals surface area contributed by atoms with Crippen LogP contribution in [0.4, 0.5) is 18.0 Å². The Hall–Kier alpha value is -3.34. The van der Waals surface area contributed by atoms with Crippen molar-refractivity contribution in [1.29, 1.82) is 0 Å². The number of amides is 1. The number of nitrogens with one attached hydrogen (secondary N) is 1. The van der Waals surface area contributed by atoms with E-state index in [1.54, 1.807) is 25.1 Å². The smallest absolute Gasteiger partial charge is 0.408 e. The van der Waals surface area contributed by atoms with Crippen LogP contribution in [0.15, 0.2) is 45.3 Å². The monoisotopic (exact) mass is 499 g/mol. The first kappa shape index (κ1) is 26.9. The molecule has 0 aliphatic rings. The molecule has 11 heteroatoms. The van der Waals surface area contributed by atoms with Crippen LogP contribution >= 0.6 is 11.3 Å². The molecule has 1 atom stereocenters. The van der Waals surface area contributed by atoms with Gasteiger partial charge in [0.05, 0.1) is 0 Å². The molecule has 184 valence electrons. The van der Waals surface area contributed by atoms with E-state index in [2.05, 4.69) is 5.32 Å². The number of rotatable bonds is 10. The fraction of sp³-hybridized carbons (Fsp3) is 0.348. The Morgan fingerprint density at radius 2 is 2.00 bits per heavy atom. The summed E-state index contributed by atoms with van der Waals surface area (Å²) in [6.07, 6.45) is -1.28. The summed E-state index contributed by atoms with van der Waals surface area (Å²) in [7, 11) is 0. The van der Waals surface area contributed by atoms with Crippen LogP contribution in [0.5, 0.6) is 5.75 Å². The van der Waals surface area contributed by atoms with E-state index < -0.39 is 41.4 Å². The molecular weight excluding hydrogens is 475 g/mol. The molecule has 7 nitrogen and oxygen atoms in total. The van der Waals surface area contributed by atoms with Gasteiger partial charge >= 0.3 is 17.9 Å². The number of allylic oxidation sites excluding steroid dienone is 2. The second-order valence-electron chi connectivity index (χ2n) is 7.60. The number of ketones is 1. The Morgan fingerprint density at radius 3 is 2.62 bits per heavy atom. The van der Waals surface area contributed by atoms with Crippen LogP contribution < -0.4 is 10.9 Å². The molecule has 34 heavy (non-hydrogen) atoms. The number of hydrogen-bond acceptors (Lipinski definition) is 6. The molecule has 0 fully saturated rings. The first-order valence-electron chi connectivity index (χ1n) is 10.3. The van der Waals surface area contributed by atoms with Gasteiger partial charge in [0, 0.05) is 34.4 Å². The minimum absolute atomic E-state index is 0.115. The first-order valence-corrected chi connectivity index (χ1v) is 11.1. The lowest BCUT2D eigenvalue weighted by Gasteiger charge is -2.11. The number of carbonyl (C=O) groups excluding carboxylic acids is 1. The van der Waals surface area contributed by atoms with Crippen LogP contribution in [0, 0.1) is 0 Å². The zero-order valence-electron chi connectivity index (χ0n) is 18.4. The van der Waals surface area contributed by atoms with Gasteiger partial charge in [-0.15, -0.1) is 11.3 Å². The van der Waals surface area contributed by atoms with Crippen molar-refractivity contribution < 1.29 is 37.4 Å². The summed E-state index contributed by atoms with van der Waals surface area (Å²) in [6.45, 7) is 3.18. The molecule has 0 aliphatic heterocycles. The summed E-state index contributed by atoms with van der Waals surface area (Å²) in [6, 6.07) is 4.34. The number of Topliss-reactive ketones (excluding diaryl/α,β-unsaturated/α-hetero) is 1. The second-order valence-corrected chi connectivity index (χ2v) is 8.80. The third-order valence-electron chi connectivity index (χ3n) is 4.81. The Morgan fingerprint density at radius 1 is 1.29 bits per heavy atom. The van der Waals surface area contributed by atoms with Crippen molar-refractivity contribution in [2.24, 2.45) is 0 Å². The number of hydrogen-bond donors (Lipinski definition) is 3. The van der Waals surface area contributed by atoms with Gasteiger partial charge in [0.15, 0.2) is 5.78 Å². The van der Waals surface area contributed by atoms with Gasteiger partial charge in [-0.05, 0) is 50.0 Å². The maximum absolute atomic E-state index is 12.7. The molecule has 2 aromatic heterocycles. The lowest BCUT2D eigenvalue weighted by molar-refractivity contribution is -0.133. The van der Waals surface area contributed by atoms with E-state index in [1.807, 2.05) is 0 Å². The van der Waals surface area contributed by atoms with Gasteiger partial charge in [-0.3, -0.25) is 10.1 Å². The maximum Gasteiger partial charge on any atom is 0.408 e. The van der Waals surface area contributed by atoms with Crippen molar-refractivity contribution in [3.8, 4) is 5.75 Å². The fourth-order valence-electron chi connectivity index (χ4n) is 3.00. The number of halogens is 3. The molecule has 2 rings (SSSR count). The fourth-order valence-corrected chi connectivity index (χ4v) is 4.02. The maximum atomic E-state index is 12.7. The zero-order chi connectivity index (χ0) is 25.5. The van der Waals surface area contributed by atoms with Gasteiger partial charge in [0.1, 0.15) is 17.1 Å². The van der Waals surface area contributed by atoms with Crippen molar-refractivity contribution in [2.75, 3.05) is 0 Å². The highest BCUT2D eigenvalue weighted by Gasteiger charge is 2.27. The van der Waals surface area contributed by atoms with E-state index in [4.69, 9.17) is 9.52 Å². The first-order chi connectivity index (χ1) is 15.9. The lowest BCUT2D eigenvalue weighted by atomic mass is 10.00. The van der Waals surface area contributed by atoms with E-state index in [0.29, 0.717) is 22.6 Å². The molecule has 0 aliphatic carbocycles. The molecule has 0 bridgehead atoms. The summed E-state index contributed by atoms with van der Waals surface area (Å²) in [5.74, 6) is -1.41. The van der Waals surface area contributed by atoms with Gasteiger partial charge < -0.3 is 14.6 Å². The van der Waals surface area contributed by atoms with E-state index in [0.717, 1.165) is 11.3 Å². The SMILES string of the molecule is C/C(=C\c1ccc(CCC(F)(F)F)s1)C(=O)c1c(O)cc(C(C)CC/C=C/NC(=O)O)oc1=O. The summed E-state index contributed by atoms with van der Waals surface area (Å²) in [5.41, 5.74) is -1.41. The quantitative estimate of drug-likeness (QED) is 0.279. The van der Waals surface area contributed by atoms with Crippen molar-refractivity contribution in [1.82, 2.24) is 5.32 Å². The van der Waals surface area contributed by atoms with Crippen LogP contribution in [0.1, 0.15) is 64.9 Å². The van der Waals surface area contributed by atoms with Gasteiger partial charge in [0.2, 0.25) is 0 Å². The molecule has 2 heterocycles. The number of aromatic hydroxyl groups is 1. The third-order valence-corrected chi connectivity index (χ3v) is 5.90. The van der Waals surface area contributed by atoms with Gasteiger partial charge in [-0.25, -0.2) is 9.59 Å². The molecule has 0 aromatic carbocycles. The predicted molar refractivity (Wildman–Crippen MR) is 121 cm³/mol. The number of carboxylic acid groups (broad SMARTS) is 1. The summed E-state index contributed by atoms with van der Waals surface area (Å²) < 4.78 is 42.4. The average Bonchev–Trinajstić information content (AvgIpc) is 3.17.